The highest BCUT2D eigenvalue weighted by Crippen LogP contribution is 2.11. The Kier molecular flexibility index (Phi) is 6.09. The summed E-state index contributed by atoms with van der Waals surface area (Å²) in [4.78, 5) is 16.4. The zero-order valence-corrected chi connectivity index (χ0v) is 12.9. The fourth-order valence-electron chi connectivity index (χ4n) is 2.33. The summed E-state index contributed by atoms with van der Waals surface area (Å²) >= 11 is 0. The first-order chi connectivity index (χ1) is 10.7. The van der Waals surface area contributed by atoms with Crippen LogP contribution in [0.3, 0.4) is 0 Å². The third-order valence-electron chi connectivity index (χ3n) is 3.59. The highest BCUT2D eigenvalue weighted by atomic mass is 16.1. The lowest BCUT2D eigenvalue weighted by Gasteiger charge is -2.17. The fourth-order valence-corrected chi connectivity index (χ4v) is 2.33. The van der Waals surface area contributed by atoms with Gasteiger partial charge in [0.2, 0.25) is 0 Å². The van der Waals surface area contributed by atoms with Crippen LogP contribution in [0.25, 0.3) is 0 Å². The van der Waals surface area contributed by atoms with Gasteiger partial charge in [0, 0.05) is 18.2 Å². The van der Waals surface area contributed by atoms with E-state index in [1.165, 1.54) is 6.33 Å². The van der Waals surface area contributed by atoms with Gasteiger partial charge in [-0.15, -0.1) is 0 Å². The number of amides is 1. The molecule has 0 fully saturated rings. The predicted octanol–water partition coefficient (Wildman–Crippen LogP) is 1.57. The molecule has 0 radical (unpaired) electrons. The van der Waals surface area contributed by atoms with Crippen LogP contribution in [0.15, 0.2) is 36.9 Å². The zero-order valence-electron chi connectivity index (χ0n) is 12.9. The van der Waals surface area contributed by atoms with Crippen molar-refractivity contribution in [3.8, 4) is 0 Å². The Morgan fingerprint density at radius 2 is 2.23 bits per heavy atom. The Hall–Kier alpha value is -2.21. The molecule has 1 aromatic carbocycles. The Bertz CT molecular complexity index is 582. The van der Waals surface area contributed by atoms with Crippen LogP contribution in [-0.4, -0.2) is 33.3 Å². The molecule has 6 heteroatoms. The maximum absolute atomic E-state index is 12.5. The van der Waals surface area contributed by atoms with E-state index in [0.29, 0.717) is 18.7 Å². The van der Waals surface area contributed by atoms with E-state index in [4.69, 9.17) is 5.73 Å². The summed E-state index contributed by atoms with van der Waals surface area (Å²) in [5.74, 6) is -0.0812. The monoisotopic (exact) mass is 301 g/mol. The molecule has 2 aromatic rings. The SMILES string of the molecule is CCCCC(CN)NC(=O)c1ccccc1Cn1cncn1. The molecule has 0 saturated carbocycles. The van der Waals surface area contributed by atoms with Crippen molar-refractivity contribution in [3.05, 3.63) is 48.0 Å². The minimum atomic E-state index is -0.0812. The van der Waals surface area contributed by atoms with Crippen LogP contribution >= 0.6 is 0 Å². The van der Waals surface area contributed by atoms with Gasteiger partial charge in [-0.25, -0.2) is 9.67 Å². The van der Waals surface area contributed by atoms with Crippen LogP contribution in [0.1, 0.15) is 42.1 Å². The van der Waals surface area contributed by atoms with E-state index in [1.807, 2.05) is 24.3 Å². The molecule has 118 valence electrons. The number of aromatic nitrogens is 3. The molecule has 1 aromatic heterocycles. The number of nitrogens with two attached hydrogens (primary N) is 1. The van der Waals surface area contributed by atoms with Gasteiger partial charge in [0.1, 0.15) is 12.7 Å². The lowest BCUT2D eigenvalue weighted by atomic mass is 10.1. The first-order valence-corrected chi connectivity index (χ1v) is 7.65. The van der Waals surface area contributed by atoms with Crippen molar-refractivity contribution in [2.45, 2.75) is 38.8 Å². The van der Waals surface area contributed by atoms with Crippen molar-refractivity contribution in [1.82, 2.24) is 20.1 Å². The normalized spacial score (nSPS) is 12.1. The molecule has 1 heterocycles. The average Bonchev–Trinajstić information content (AvgIpc) is 3.04. The van der Waals surface area contributed by atoms with E-state index in [2.05, 4.69) is 22.3 Å². The maximum atomic E-state index is 12.5. The number of rotatable bonds is 8. The number of nitrogens with zero attached hydrogens (tertiary/aromatic N) is 3. The molecule has 1 amide bonds. The second kappa shape index (κ2) is 8.29. The summed E-state index contributed by atoms with van der Waals surface area (Å²) in [6.07, 6.45) is 6.18. The van der Waals surface area contributed by atoms with Gasteiger partial charge in [0.25, 0.3) is 5.91 Å². The first kappa shape index (κ1) is 16.2. The molecule has 22 heavy (non-hydrogen) atoms. The molecule has 0 aliphatic rings. The molecule has 0 bridgehead atoms. The van der Waals surface area contributed by atoms with Crippen LogP contribution in [0.4, 0.5) is 0 Å². The van der Waals surface area contributed by atoms with E-state index in [1.54, 1.807) is 11.0 Å². The minimum absolute atomic E-state index is 0.0203. The number of hydrogen-bond acceptors (Lipinski definition) is 4. The third-order valence-corrected chi connectivity index (χ3v) is 3.59. The van der Waals surface area contributed by atoms with Crippen molar-refractivity contribution in [1.29, 1.82) is 0 Å². The molecule has 0 spiro atoms. The van der Waals surface area contributed by atoms with Crippen LogP contribution < -0.4 is 11.1 Å². The first-order valence-electron chi connectivity index (χ1n) is 7.65. The van der Waals surface area contributed by atoms with E-state index < -0.39 is 0 Å². The lowest BCUT2D eigenvalue weighted by molar-refractivity contribution is 0.0934. The van der Waals surface area contributed by atoms with E-state index in [9.17, 15) is 4.79 Å². The third kappa shape index (κ3) is 4.39. The number of carbonyl (C=O) groups is 1. The molecule has 0 aliphatic carbocycles. The number of nitrogens with one attached hydrogen (secondary N) is 1. The topological polar surface area (TPSA) is 85.8 Å². The highest BCUT2D eigenvalue weighted by molar-refractivity contribution is 5.95. The smallest absolute Gasteiger partial charge is 0.251 e. The zero-order chi connectivity index (χ0) is 15.8. The average molecular weight is 301 g/mol. The summed E-state index contributed by atoms with van der Waals surface area (Å²) in [5, 5.41) is 7.11. The van der Waals surface area contributed by atoms with Gasteiger partial charge < -0.3 is 11.1 Å². The van der Waals surface area contributed by atoms with Crippen molar-refractivity contribution < 1.29 is 4.79 Å². The molecule has 0 saturated heterocycles. The van der Waals surface area contributed by atoms with Gasteiger partial charge in [0.15, 0.2) is 0 Å². The van der Waals surface area contributed by atoms with Crippen LogP contribution in [-0.2, 0) is 6.54 Å². The van der Waals surface area contributed by atoms with Gasteiger partial charge in [0.05, 0.1) is 6.54 Å². The van der Waals surface area contributed by atoms with Crippen LogP contribution in [0, 0.1) is 0 Å². The molecule has 1 unspecified atom stereocenters. The molecule has 0 aliphatic heterocycles. The Balaban J connectivity index is 2.08. The Morgan fingerprint density at radius 3 is 2.91 bits per heavy atom. The van der Waals surface area contributed by atoms with Gasteiger partial charge >= 0.3 is 0 Å². The molecule has 6 nitrogen and oxygen atoms in total. The number of hydrogen-bond donors (Lipinski definition) is 2. The lowest BCUT2D eigenvalue weighted by Crippen LogP contribution is -2.40. The van der Waals surface area contributed by atoms with Gasteiger partial charge in [-0.3, -0.25) is 4.79 Å². The number of carbonyl (C=O) groups excluding carboxylic acids is 1. The summed E-state index contributed by atoms with van der Waals surface area (Å²) < 4.78 is 1.70. The van der Waals surface area contributed by atoms with E-state index in [0.717, 1.165) is 24.8 Å². The summed E-state index contributed by atoms with van der Waals surface area (Å²) in [6.45, 7) is 3.10. The van der Waals surface area contributed by atoms with Crippen molar-refractivity contribution in [3.63, 3.8) is 0 Å². The van der Waals surface area contributed by atoms with Crippen molar-refractivity contribution in [2.24, 2.45) is 5.73 Å². The largest absolute Gasteiger partial charge is 0.348 e. The van der Waals surface area contributed by atoms with Gasteiger partial charge in [-0.2, -0.15) is 5.10 Å². The second-order valence-electron chi connectivity index (χ2n) is 5.30. The quantitative estimate of drug-likeness (QED) is 0.775. The number of unbranched alkanes of at least 4 members (excludes halogenated alkanes) is 1. The fraction of sp³-hybridized carbons (Fsp3) is 0.438. The highest BCUT2D eigenvalue weighted by Gasteiger charge is 2.15. The maximum Gasteiger partial charge on any atom is 0.251 e. The molecule has 1 atom stereocenters. The van der Waals surface area contributed by atoms with Gasteiger partial charge in [-0.05, 0) is 18.1 Å². The Morgan fingerprint density at radius 1 is 1.41 bits per heavy atom. The summed E-state index contributed by atoms with van der Waals surface area (Å²) in [6, 6.07) is 7.56. The Labute approximate surface area is 130 Å². The summed E-state index contributed by atoms with van der Waals surface area (Å²) in [7, 11) is 0. The van der Waals surface area contributed by atoms with E-state index >= 15 is 0 Å². The number of benzene rings is 1. The van der Waals surface area contributed by atoms with Gasteiger partial charge in [-0.1, -0.05) is 38.0 Å². The van der Waals surface area contributed by atoms with E-state index in [-0.39, 0.29) is 11.9 Å². The minimum Gasteiger partial charge on any atom is -0.348 e. The van der Waals surface area contributed by atoms with Crippen molar-refractivity contribution in [2.75, 3.05) is 6.54 Å². The molecule has 2 rings (SSSR count). The second-order valence-corrected chi connectivity index (χ2v) is 5.30. The molecular weight excluding hydrogens is 278 g/mol. The molecule has 3 N–H and O–H groups in total. The van der Waals surface area contributed by atoms with Crippen LogP contribution in [0.5, 0.6) is 0 Å². The van der Waals surface area contributed by atoms with Crippen LogP contribution in [0.2, 0.25) is 0 Å². The van der Waals surface area contributed by atoms with Crippen molar-refractivity contribution >= 4 is 5.91 Å². The standard InChI is InChI=1S/C16H23N5O/c1-2-3-7-14(9-17)20-16(22)15-8-5-4-6-13(15)10-21-12-18-11-19-21/h4-6,8,11-12,14H,2-3,7,9-10,17H2,1H3,(H,20,22). The molecular formula is C16H23N5O. The predicted molar refractivity (Wildman–Crippen MR) is 85.4 cm³/mol. The summed E-state index contributed by atoms with van der Waals surface area (Å²) in [5.41, 5.74) is 7.32.